The van der Waals surface area contributed by atoms with Crippen LogP contribution in [0.1, 0.15) is 11.1 Å². The summed E-state index contributed by atoms with van der Waals surface area (Å²) in [5, 5.41) is 13.0. The fourth-order valence-electron chi connectivity index (χ4n) is 3.98. The molecule has 0 atom stereocenters. The van der Waals surface area contributed by atoms with E-state index in [0.717, 1.165) is 21.2 Å². The van der Waals surface area contributed by atoms with Crippen LogP contribution < -0.4 is 10.2 Å². The van der Waals surface area contributed by atoms with Crippen LogP contribution in [0.15, 0.2) is 92.6 Å². The van der Waals surface area contributed by atoms with Gasteiger partial charge in [0.25, 0.3) is 5.91 Å². The van der Waals surface area contributed by atoms with Crippen LogP contribution in [0.25, 0.3) is 0 Å². The largest absolute Gasteiger partial charge is 0.405 e. The van der Waals surface area contributed by atoms with E-state index in [1.54, 1.807) is 4.90 Å². The Bertz CT molecular complexity index is 1500. The van der Waals surface area contributed by atoms with Crippen molar-refractivity contribution in [3.05, 3.63) is 93.9 Å². The molecule has 0 saturated carbocycles. The lowest BCUT2D eigenvalue weighted by atomic mass is 10.1. The van der Waals surface area contributed by atoms with Gasteiger partial charge in [-0.1, -0.05) is 54.2 Å². The van der Waals surface area contributed by atoms with Gasteiger partial charge in [-0.15, -0.1) is 0 Å². The van der Waals surface area contributed by atoms with E-state index < -0.39 is 12.7 Å². The van der Waals surface area contributed by atoms with Crippen molar-refractivity contribution in [2.45, 2.75) is 17.6 Å². The minimum Gasteiger partial charge on any atom is -0.375 e. The van der Waals surface area contributed by atoms with Crippen molar-refractivity contribution in [3.63, 3.8) is 0 Å². The topological polar surface area (TPSA) is 71.7 Å². The van der Waals surface area contributed by atoms with E-state index in [1.807, 2.05) is 72.6 Å². The molecule has 0 aromatic heterocycles. The molecule has 0 unspecified atom stereocenters. The molecule has 1 saturated heterocycles. The number of nitriles is 1. The van der Waals surface area contributed by atoms with Gasteiger partial charge in [-0.3, -0.25) is 9.69 Å². The number of halogens is 3. The second kappa shape index (κ2) is 10.5. The number of nitrogens with zero attached hydrogens (tertiary/aromatic N) is 4. The Labute approximate surface area is 225 Å². The van der Waals surface area contributed by atoms with E-state index in [4.69, 9.17) is 0 Å². The zero-order chi connectivity index (χ0) is 26.9. The van der Waals surface area contributed by atoms with Crippen LogP contribution in [0.5, 0.6) is 0 Å². The molecule has 6 nitrogen and oxygen atoms in total. The molecule has 0 radical (unpaired) electrons. The van der Waals surface area contributed by atoms with Gasteiger partial charge in [0.05, 0.1) is 34.2 Å². The summed E-state index contributed by atoms with van der Waals surface area (Å²) in [7, 11) is 1.91. The van der Waals surface area contributed by atoms with Crippen LogP contribution in [-0.4, -0.2) is 35.7 Å². The first-order chi connectivity index (χ1) is 18.2. The molecule has 2 aliphatic rings. The minimum absolute atomic E-state index is 0.0279. The number of benzene rings is 3. The van der Waals surface area contributed by atoms with E-state index in [2.05, 4.69) is 10.3 Å². The summed E-state index contributed by atoms with van der Waals surface area (Å²) in [4.78, 5) is 23.5. The lowest BCUT2D eigenvalue weighted by Gasteiger charge is -2.17. The molecule has 0 aliphatic carbocycles. The smallest absolute Gasteiger partial charge is 0.375 e. The first kappa shape index (κ1) is 25.8. The maximum Gasteiger partial charge on any atom is 0.405 e. The number of rotatable bonds is 5. The van der Waals surface area contributed by atoms with Crippen LogP contribution in [-0.2, 0) is 11.3 Å². The van der Waals surface area contributed by atoms with Crippen LogP contribution >= 0.6 is 23.5 Å². The molecular formula is C27H20F3N5OS2. The number of anilines is 2. The van der Waals surface area contributed by atoms with Gasteiger partial charge < -0.3 is 10.2 Å². The number of carbonyl (C=O) groups is 1. The second-order valence-corrected chi connectivity index (χ2v) is 10.5. The van der Waals surface area contributed by atoms with Gasteiger partial charge >= 0.3 is 6.18 Å². The van der Waals surface area contributed by atoms with Crippen molar-refractivity contribution < 1.29 is 18.0 Å². The SMILES string of the molecule is CN1/C(=C2\SC(=Nc3ccc(NCC(F)(F)F)c(C#N)c3)N(Cc3ccccc3)C2=O)Sc2ccccc21. The van der Waals surface area contributed by atoms with Gasteiger partial charge in [0.15, 0.2) is 5.17 Å². The second-order valence-electron chi connectivity index (χ2n) is 8.45. The summed E-state index contributed by atoms with van der Waals surface area (Å²) in [6, 6.07) is 23.7. The monoisotopic (exact) mass is 551 g/mol. The number of aliphatic imine (C=N–C) groups is 1. The Kier molecular flexibility index (Phi) is 7.10. The number of fused-ring (bicyclic) bond motifs is 1. The first-order valence-electron chi connectivity index (χ1n) is 11.5. The van der Waals surface area contributed by atoms with Gasteiger partial charge in [-0.05, 0) is 47.7 Å². The van der Waals surface area contributed by atoms with Crippen LogP contribution in [0, 0.1) is 11.3 Å². The predicted molar refractivity (Wildman–Crippen MR) is 145 cm³/mol. The molecule has 1 amide bonds. The van der Waals surface area contributed by atoms with Crippen LogP contribution in [0.2, 0.25) is 0 Å². The molecule has 11 heteroatoms. The highest BCUT2D eigenvalue weighted by Crippen LogP contribution is 2.50. The number of amides is 1. The zero-order valence-electron chi connectivity index (χ0n) is 20.0. The lowest BCUT2D eigenvalue weighted by molar-refractivity contribution is -0.122. The Balaban J connectivity index is 1.51. The molecule has 0 spiro atoms. The van der Waals surface area contributed by atoms with Crippen molar-refractivity contribution in [2.24, 2.45) is 4.99 Å². The number of para-hydroxylation sites is 1. The number of nitrogens with one attached hydrogen (secondary N) is 1. The molecule has 1 fully saturated rings. The Morgan fingerprint density at radius 3 is 2.47 bits per heavy atom. The van der Waals surface area contributed by atoms with E-state index in [-0.39, 0.29) is 17.2 Å². The summed E-state index contributed by atoms with van der Waals surface area (Å²) >= 11 is 2.76. The molecule has 3 aromatic rings. The van der Waals surface area contributed by atoms with Crippen molar-refractivity contribution in [2.75, 3.05) is 23.8 Å². The maximum absolute atomic E-state index is 13.7. The van der Waals surface area contributed by atoms with Crippen molar-refractivity contribution in [1.29, 1.82) is 5.26 Å². The third-order valence-electron chi connectivity index (χ3n) is 5.81. The summed E-state index contributed by atoms with van der Waals surface area (Å²) in [6.45, 7) is -0.963. The molecule has 3 aromatic carbocycles. The molecule has 2 heterocycles. The van der Waals surface area contributed by atoms with Crippen molar-refractivity contribution in [1.82, 2.24) is 4.90 Å². The Morgan fingerprint density at radius 1 is 1.03 bits per heavy atom. The van der Waals surface area contributed by atoms with Crippen LogP contribution in [0.3, 0.4) is 0 Å². The third-order valence-corrected chi connectivity index (χ3v) is 8.24. The third kappa shape index (κ3) is 5.37. The van der Waals surface area contributed by atoms with Gasteiger partial charge in [0, 0.05) is 11.9 Å². The summed E-state index contributed by atoms with van der Waals surface area (Å²) in [5.41, 5.74) is 2.37. The number of carbonyl (C=O) groups excluding carboxylic acids is 1. The normalized spacial score (nSPS) is 18.2. The van der Waals surface area contributed by atoms with E-state index >= 15 is 0 Å². The van der Waals surface area contributed by atoms with Gasteiger partial charge in [-0.25, -0.2) is 4.99 Å². The average molecular weight is 552 g/mol. The number of amidine groups is 1. The number of hydrogen-bond acceptors (Lipinski definition) is 7. The molecule has 192 valence electrons. The highest BCUT2D eigenvalue weighted by Gasteiger charge is 2.39. The average Bonchev–Trinajstić information content (AvgIpc) is 3.39. The molecular weight excluding hydrogens is 531 g/mol. The lowest BCUT2D eigenvalue weighted by Crippen LogP contribution is -2.29. The standard InChI is InChI=1S/C27H20F3N5OS2/c1-34-21-9-5-6-10-22(21)37-25(34)23-24(36)35(15-17-7-3-2-4-8-17)26(38-23)33-19-11-12-20(18(13-19)14-31)32-16-27(28,29)30/h2-13,32H,15-16H2,1H3/b25-23+,33-26?. The molecule has 38 heavy (non-hydrogen) atoms. The van der Waals surface area contributed by atoms with Gasteiger partial charge in [0.1, 0.15) is 17.5 Å². The molecule has 0 bridgehead atoms. The van der Waals surface area contributed by atoms with Crippen molar-refractivity contribution >= 4 is 51.7 Å². The number of thioether (sulfide) groups is 2. The van der Waals surface area contributed by atoms with E-state index in [1.165, 1.54) is 41.7 Å². The molecule has 1 N–H and O–H groups in total. The summed E-state index contributed by atoms with van der Waals surface area (Å²) in [5.74, 6) is -0.191. The quantitative estimate of drug-likeness (QED) is 0.356. The highest BCUT2D eigenvalue weighted by atomic mass is 32.2. The molecule has 2 aliphatic heterocycles. The van der Waals surface area contributed by atoms with Crippen molar-refractivity contribution in [3.8, 4) is 6.07 Å². The fourth-order valence-corrected chi connectivity index (χ4v) is 6.32. The number of hydrogen-bond donors (Lipinski definition) is 1. The highest BCUT2D eigenvalue weighted by molar-refractivity contribution is 8.19. The summed E-state index contributed by atoms with van der Waals surface area (Å²) < 4.78 is 37.9. The molecule has 5 rings (SSSR count). The van der Waals surface area contributed by atoms with Gasteiger partial charge in [-0.2, -0.15) is 18.4 Å². The number of alkyl halides is 3. The summed E-state index contributed by atoms with van der Waals surface area (Å²) in [6.07, 6.45) is -4.42. The van der Waals surface area contributed by atoms with E-state index in [0.29, 0.717) is 22.3 Å². The fraction of sp³-hybridized carbons (Fsp3) is 0.148. The predicted octanol–water partition coefficient (Wildman–Crippen LogP) is 6.71. The van der Waals surface area contributed by atoms with E-state index in [9.17, 15) is 23.2 Å². The zero-order valence-corrected chi connectivity index (χ0v) is 21.6. The Morgan fingerprint density at radius 2 is 1.76 bits per heavy atom. The van der Waals surface area contributed by atoms with Gasteiger partial charge in [0.2, 0.25) is 0 Å². The Hall–Kier alpha value is -3.88. The first-order valence-corrected chi connectivity index (χ1v) is 13.1. The minimum atomic E-state index is -4.42. The van der Waals surface area contributed by atoms with Crippen LogP contribution in [0.4, 0.5) is 30.2 Å². The maximum atomic E-state index is 13.7.